The Kier molecular flexibility index (Phi) is 8.92. The van der Waals surface area contributed by atoms with Crippen LogP contribution in [0.1, 0.15) is 49.3 Å². The molecule has 2 fully saturated rings. The Morgan fingerprint density at radius 1 is 1.36 bits per heavy atom. The Labute approximate surface area is 218 Å². The van der Waals surface area contributed by atoms with Crippen LogP contribution < -0.4 is 10.5 Å². The highest BCUT2D eigenvalue weighted by Crippen LogP contribution is 2.36. The summed E-state index contributed by atoms with van der Waals surface area (Å²) in [5.74, 6) is -1.43. The van der Waals surface area contributed by atoms with Crippen molar-refractivity contribution in [2.75, 3.05) is 31.1 Å². The molecule has 3 rings (SSSR count). The molecule has 1 aromatic rings. The summed E-state index contributed by atoms with van der Waals surface area (Å²) in [5, 5.41) is 18.5. The lowest BCUT2D eigenvalue weighted by Gasteiger charge is -2.35. The zero-order valence-electron chi connectivity index (χ0n) is 20.4. The molecule has 12 heteroatoms. The van der Waals surface area contributed by atoms with Crippen LogP contribution in [0.3, 0.4) is 0 Å². The maximum Gasteiger partial charge on any atom is 0.310 e. The van der Waals surface area contributed by atoms with E-state index in [1.807, 2.05) is 11.0 Å². The van der Waals surface area contributed by atoms with Crippen LogP contribution in [0, 0.1) is 24.2 Å². The van der Waals surface area contributed by atoms with Gasteiger partial charge >= 0.3 is 11.9 Å². The van der Waals surface area contributed by atoms with E-state index in [-0.39, 0.29) is 49.4 Å². The molecule has 2 saturated heterocycles. The molecule has 36 heavy (non-hydrogen) atoms. The van der Waals surface area contributed by atoms with Crippen LogP contribution in [0.2, 0.25) is 0 Å². The lowest BCUT2D eigenvalue weighted by atomic mass is 9.96. The van der Waals surface area contributed by atoms with Crippen molar-refractivity contribution >= 4 is 58.0 Å². The number of aromatic nitrogens is 1. The predicted molar refractivity (Wildman–Crippen MR) is 139 cm³/mol. The van der Waals surface area contributed by atoms with Crippen LogP contribution in [0.4, 0.5) is 5.82 Å². The summed E-state index contributed by atoms with van der Waals surface area (Å²) < 4.78 is 6.92. The number of amides is 1. The van der Waals surface area contributed by atoms with Gasteiger partial charge in [-0.05, 0) is 44.7 Å². The van der Waals surface area contributed by atoms with Crippen molar-refractivity contribution in [3.63, 3.8) is 0 Å². The highest BCUT2D eigenvalue weighted by atomic mass is 32.2. The highest BCUT2D eigenvalue weighted by Gasteiger charge is 2.34. The monoisotopic (exact) mass is 532 g/mol. The Morgan fingerprint density at radius 3 is 2.72 bits per heavy atom. The maximum absolute atomic E-state index is 13.1. The standard InChI is InChI=1S/C24H28N4O6S2/c1-4-34-23(33)15-7-5-9-27(13-15)20-16(14(2)17(12-25)21(31)26(20)3)11-18-22(32)28(24(35)36-18)10-6-8-19(29)30/h11,15H,4-10,13H2,1-3H3,(H,29,30). The Balaban J connectivity index is 2.05. The minimum atomic E-state index is -0.951. The third-order valence-electron chi connectivity index (χ3n) is 6.23. The summed E-state index contributed by atoms with van der Waals surface area (Å²) in [5.41, 5.74) is 0.485. The molecule has 1 aromatic heterocycles. The first kappa shape index (κ1) is 27.4. The number of carbonyl (C=O) groups excluding carboxylic acids is 2. The molecule has 192 valence electrons. The lowest BCUT2D eigenvalue weighted by Crippen LogP contribution is -2.42. The fourth-order valence-corrected chi connectivity index (χ4v) is 5.72. The van der Waals surface area contributed by atoms with Crippen molar-refractivity contribution in [2.45, 2.75) is 39.5 Å². The molecular formula is C24H28N4O6S2. The number of ether oxygens (including phenoxy) is 1. The van der Waals surface area contributed by atoms with Gasteiger partial charge in [0.25, 0.3) is 11.5 Å². The number of piperidine rings is 1. The van der Waals surface area contributed by atoms with Gasteiger partial charge in [0.05, 0.1) is 17.4 Å². The Morgan fingerprint density at radius 2 is 2.08 bits per heavy atom. The first-order chi connectivity index (χ1) is 17.1. The topological polar surface area (TPSA) is 133 Å². The minimum absolute atomic E-state index is 0.0246. The number of hydrogen-bond donors (Lipinski definition) is 1. The van der Waals surface area contributed by atoms with Gasteiger partial charge in [0.2, 0.25) is 0 Å². The first-order valence-electron chi connectivity index (χ1n) is 11.6. The van der Waals surface area contributed by atoms with Crippen molar-refractivity contribution in [3.8, 4) is 6.07 Å². The normalized spacial score (nSPS) is 19.1. The number of hydrogen-bond acceptors (Lipinski definition) is 9. The molecule has 3 heterocycles. The molecule has 0 spiro atoms. The molecule has 0 bridgehead atoms. The fraction of sp³-hybridized carbons (Fsp3) is 0.500. The van der Waals surface area contributed by atoms with E-state index in [2.05, 4.69) is 0 Å². The molecule has 2 aliphatic heterocycles. The van der Waals surface area contributed by atoms with Crippen LogP contribution in [0.15, 0.2) is 9.70 Å². The van der Waals surface area contributed by atoms with Crippen molar-refractivity contribution in [1.29, 1.82) is 5.26 Å². The van der Waals surface area contributed by atoms with Gasteiger partial charge in [-0.1, -0.05) is 24.0 Å². The van der Waals surface area contributed by atoms with Crippen molar-refractivity contribution in [2.24, 2.45) is 13.0 Å². The number of aliphatic carboxylic acids is 1. The summed E-state index contributed by atoms with van der Waals surface area (Å²) in [7, 11) is 1.57. The first-order valence-corrected chi connectivity index (χ1v) is 12.9. The molecule has 1 amide bonds. The molecule has 1 N–H and O–H groups in total. The number of thiocarbonyl (C=S) groups is 1. The third kappa shape index (κ3) is 5.63. The van der Waals surface area contributed by atoms with Crippen molar-refractivity contribution in [3.05, 3.63) is 31.9 Å². The second-order valence-electron chi connectivity index (χ2n) is 8.58. The third-order valence-corrected chi connectivity index (χ3v) is 7.61. The number of rotatable bonds is 8. The number of esters is 1. The van der Waals surface area contributed by atoms with E-state index in [4.69, 9.17) is 22.1 Å². The number of anilines is 1. The quantitative estimate of drug-likeness (QED) is 0.302. The van der Waals surface area contributed by atoms with Gasteiger partial charge in [-0.3, -0.25) is 28.6 Å². The SMILES string of the molecule is CCOC(=O)C1CCCN(c2c(C=C3SC(=S)N(CCCC(=O)O)C3=O)c(C)c(C#N)c(=O)n2C)C1. The average Bonchev–Trinajstić information content (AvgIpc) is 3.10. The van der Waals surface area contributed by atoms with Gasteiger partial charge in [-0.15, -0.1) is 0 Å². The smallest absolute Gasteiger partial charge is 0.310 e. The average molecular weight is 533 g/mol. The van der Waals surface area contributed by atoms with E-state index in [9.17, 15) is 24.4 Å². The second-order valence-corrected chi connectivity index (χ2v) is 10.3. The summed E-state index contributed by atoms with van der Waals surface area (Å²) in [6.45, 7) is 4.81. The van der Waals surface area contributed by atoms with Gasteiger partial charge in [0.15, 0.2) is 0 Å². The molecule has 0 aliphatic carbocycles. The number of carboxylic acid groups (broad SMARTS) is 1. The van der Waals surface area contributed by atoms with Gasteiger partial charge < -0.3 is 14.7 Å². The second kappa shape index (κ2) is 11.7. The van der Waals surface area contributed by atoms with Crippen molar-refractivity contribution < 1.29 is 24.2 Å². The summed E-state index contributed by atoms with van der Waals surface area (Å²) in [6, 6.07) is 1.97. The Bertz CT molecular complexity index is 1230. The van der Waals surface area contributed by atoms with E-state index < -0.39 is 11.5 Å². The van der Waals surface area contributed by atoms with E-state index in [0.717, 1.165) is 11.8 Å². The van der Waals surface area contributed by atoms with Crippen LogP contribution in [-0.2, 0) is 26.2 Å². The van der Waals surface area contributed by atoms with Gasteiger partial charge in [-0.2, -0.15) is 5.26 Å². The molecule has 1 unspecified atom stereocenters. The largest absolute Gasteiger partial charge is 0.481 e. The zero-order valence-corrected chi connectivity index (χ0v) is 22.0. The number of nitrogens with zero attached hydrogens (tertiary/aromatic N) is 4. The summed E-state index contributed by atoms with van der Waals surface area (Å²) >= 11 is 6.45. The number of nitriles is 1. The van der Waals surface area contributed by atoms with Crippen molar-refractivity contribution in [1.82, 2.24) is 9.47 Å². The summed E-state index contributed by atoms with van der Waals surface area (Å²) in [4.78, 5) is 53.0. The molecule has 0 radical (unpaired) electrons. The van der Waals surface area contributed by atoms with Crippen LogP contribution in [0.5, 0.6) is 0 Å². The highest BCUT2D eigenvalue weighted by molar-refractivity contribution is 8.26. The molecule has 1 atom stereocenters. The van der Waals surface area contributed by atoms with Gasteiger partial charge in [0.1, 0.15) is 21.8 Å². The molecule has 0 aromatic carbocycles. The van der Waals surface area contributed by atoms with E-state index >= 15 is 0 Å². The number of thioether (sulfide) groups is 1. The zero-order chi connectivity index (χ0) is 26.6. The molecule has 0 saturated carbocycles. The molecular weight excluding hydrogens is 504 g/mol. The van der Waals surface area contributed by atoms with Crippen LogP contribution in [-0.4, -0.2) is 63.0 Å². The number of carbonyl (C=O) groups is 3. The van der Waals surface area contributed by atoms with Gasteiger partial charge in [0, 0.05) is 38.7 Å². The van der Waals surface area contributed by atoms with E-state index in [0.29, 0.717) is 52.1 Å². The van der Waals surface area contributed by atoms with Gasteiger partial charge in [-0.25, -0.2) is 0 Å². The van der Waals surface area contributed by atoms with Crippen LogP contribution in [0.25, 0.3) is 6.08 Å². The molecule has 10 nitrogen and oxygen atoms in total. The molecule has 2 aliphatic rings. The number of pyridine rings is 1. The predicted octanol–water partition coefficient (Wildman–Crippen LogP) is 2.41. The Hall–Kier alpha value is -3.17. The van der Waals surface area contributed by atoms with E-state index in [1.54, 1.807) is 27.0 Å². The minimum Gasteiger partial charge on any atom is -0.481 e. The summed E-state index contributed by atoms with van der Waals surface area (Å²) in [6.07, 6.45) is 3.20. The lowest BCUT2D eigenvalue weighted by molar-refractivity contribution is -0.148. The van der Waals surface area contributed by atoms with E-state index in [1.165, 1.54) is 9.47 Å². The number of carboxylic acids is 1. The fourth-order valence-electron chi connectivity index (χ4n) is 4.43. The van der Waals surface area contributed by atoms with Crippen LogP contribution >= 0.6 is 24.0 Å². The maximum atomic E-state index is 13.1.